The molecule has 176 valence electrons. The monoisotopic (exact) mass is 451 g/mol. The van der Waals surface area contributed by atoms with E-state index in [1.54, 1.807) is 11.1 Å². The average molecular weight is 452 g/mol. The van der Waals surface area contributed by atoms with Gasteiger partial charge < -0.3 is 19.9 Å². The van der Waals surface area contributed by atoms with Crippen LogP contribution in [0.2, 0.25) is 0 Å². The average Bonchev–Trinajstić information content (AvgIpc) is 2.73. The molecular weight excluding hydrogens is 418 g/mol. The van der Waals surface area contributed by atoms with E-state index in [1.807, 2.05) is 45.9 Å². The molecule has 1 N–H and O–H groups in total. The Morgan fingerprint density at radius 2 is 1.73 bits per heavy atom. The van der Waals surface area contributed by atoms with Gasteiger partial charge in [-0.3, -0.25) is 4.79 Å². The molecule has 8 heteroatoms. The standard InChI is InChI=1S/C25H33N5O3/c1-17-22(9-12-26-28-17)30-15-20(16-30)23(31)27-21-7-5-18(6-8-21)19-10-13-29(14-11-19)24(32)33-25(2,3)4/h5-9,12,19-20H,10-11,13-16H2,1-4H3,(H,27,31). The maximum Gasteiger partial charge on any atom is 0.410 e. The minimum atomic E-state index is -0.471. The van der Waals surface area contributed by atoms with Crippen LogP contribution < -0.4 is 10.2 Å². The van der Waals surface area contributed by atoms with E-state index in [0.29, 0.717) is 32.1 Å². The Morgan fingerprint density at radius 3 is 2.33 bits per heavy atom. The van der Waals surface area contributed by atoms with Crippen LogP contribution in [-0.2, 0) is 9.53 Å². The third-order valence-electron chi connectivity index (χ3n) is 6.27. The van der Waals surface area contributed by atoms with E-state index in [9.17, 15) is 9.59 Å². The van der Waals surface area contributed by atoms with Crippen LogP contribution in [0.5, 0.6) is 0 Å². The molecule has 0 radical (unpaired) electrons. The first-order valence-corrected chi connectivity index (χ1v) is 11.6. The van der Waals surface area contributed by atoms with Gasteiger partial charge in [0.1, 0.15) is 5.60 Å². The number of aryl methyl sites for hydroxylation is 1. The molecule has 33 heavy (non-hydrogen) atoms. The zero-order valence-electron chi connectivity index (χ0n) is 19.9. The summed E-state index contributed by atoms with van der Waals surface area (Å²) in [6.45, 7) is 10.4. The first kappa shape index (κ1) is 23.0. The molecule has 2 aliphatic heterocycles. The van der Waals surface area contributed by atoms with E-state index in [-0.39, 0.29) is 17.9 Å². The van der Waals surface area contributed by atoms with E-state index < -0.39 is 5.60 Å². The summed E-state index contributed by atoms with van der Waals surface area (Å²) in [6, 6.07) is 10.1. The number of amides is 2. The molecule has 0 unspecified atom stereocenters. The van der Waals surface area contributed by atoms with Gasteiger partial charge >= 0.3 is 6.09 Å². The van der Waals surface area contributed by atoms with Crippen molar-refractivity contribution in [2.75, 3.05) is 36.4 Å². The molecule has 8 nitrogen and oxygen atoms in total. The summed E-state index contributed by atoms with van der Waals surface area (Å²) in [6.07, 6.45) is 3.26. The smallest absolute Gasteiger partial charge is 0.410 e. The van der Waals surface area contributed by atoms with E-state index >= 15 is 0 Å². The number of aromatic nitrogens is 2. The molecule has 0 bridgehead atoms. The van der Waals surface area contributed by atoms with Crippen molar-refractivity contribution in [3.8, 4) is 0 Å². The summed E-state index contributed by atoms with van der Waals surface area (Å²) in [7, 11) is 0. The van der Waals surface area contributed by atoms with Crippen LogP contribution in [0.15, 0.2) is 36.5 Å². The second kappa shape index (κ2) is 9.37. The number of hydrogen-bond donors (Lipinski definition) is 1. The zero-order valence-corrected chi connectivity index (χ0v) is 19.9. The van der Waals surface area contributed by atoms with Crippen LogP contribution in [-0.4, -0.2) is 58.9 Å². The number of carbonyl (C=O) groups excluding carboxylic acids is 2. The summed E-state index contributed by atoms with van der Waals surface area (Å²) in [5.74, 6) is 0.421. The number of anilines is 2. The SMILES string of the molecule is Cc1nnccc1N1CC(C(=O)Nc2ccc(C3CCN(C(=O)OC(C)(C)C)CC3)cc2)C1. The van der Waals surface area contributed by atoms with Gasteiger partial charge in [0.2, 0.25) is 5.91 Å². The number of ether oxygens (including phenoxy) is 1. The Morgan fingerprint density at radius 1 is 1.06 bits per heavy atom. The van der Waals surface area contributed by atoms with Crippen molar-refractivity contribution in [3.63, 3.8) is 0 Å². The molecule has 2 fully saturated rings. The number of rotatable bonds is 4. The molecule has 0 aliphatic carbocycles. The highest BCUT2D eigenvalue weighted by molar-refractivity contribution is 5.94. The number of likely N-dealkylation sites (tertiary alicyclic amines) is 1. The van der Waals surface area contributed by atoms with Gasteiger partial charge in [-0.1, -0.05) is 12.1 Å². The van der Waals surface area contributed by atoms with Gasteiger partial charge in [-0.15, -0.1) is 0 Å². The van der Waals surface area contributed by atoms with E-state index in [4.69, 9.17) is 4.74 Å². The number of hydrogen-bond acceptors (Lipinski definition) is 6. The van der Waals surface area contributed by atoms with Crippen LogP contribution in [0.4, 0.5) is 16.2 Å². The number of carbonyl (C=O) groups is 2. The number of benzene rings is 1. The summed E-state index contributed by atoms with van der Waals surface area (Å²) in [4.78, 5) is 28.8. The Bertz CT molecular complexity index is 988. The Kier molecular flexibility index (Phi) is 6.54. The van der Waals surface area contributed by atoms with E-state index in [2.05, 4.69) is 32.5 Å². The van der Waals surface area contributed by atoms with Gasteiger partial charge in [-0.05, 0) is 70.2 Å². The highest BCUT2D eigenvalue weighted by Crippen LogP contribution is 2.30. The summed E-state index contributed by atoms with van der Waals surface area (Å²) < 4.78 is 5.48. The predicted octanol–water partition coefficient (Wildman–Crippen LogP) is 3.97. The highest BCUT2D eigenvalue weighted by atomic mass is 16.6. The fourth-order valence-corrected chi connectivity index (χ4v) is 4.38. The van der Waals surface area contributed by atoms with Gasteiger partial charge in [0, 0.05) is 31.9 Å². The van der Waals surface area contributed by atoms with Crippen molar-refractivity contribution in [1.82, 2.24) is 15.1 Å². The van der Waals surface area contributed by atoms with Crippen molar-refractivity contribution >= 4 is 23.4 Å². The lowest BCUT2D eigenvalue weighted by atomic mass is 9.89. The van der Waals surface area contributed by atoms with Crippen LogP contribution in [0.3, 0.4) is 0 Å². The maximum atomic E-state index is 12.6. The lowest BCUT2D eigenvalue weighted by Crippen LogP contribution is -2.52. The molecule has 2 saturated heterocycles. The Labute approximate surface area is 195 Å². The fourth-order valence-electron chi connectivity index (χ4n) is 4.38. The van der Waals surface area contributed by atoms with Gasteiger partial charge in [-0.2, -0.15) is 10.2 Å². The molecule has 0 atom stereocenters. The second-order valence-corrected chi connectivity index (χ2v) is 9.96. The van der Waals surface area contributed by atoms with Crippen LogP contribution in [0, 0.1) is 12.8 Å². The minimum Gasteiger partial charge on any atom is -0.444 e. The third-order valence-corrected chi connectivity index (χ3v) is 6.27. The molecular formula is C25H33N5O3. The van der Waals surface area contributed by atoms with E-state index in [1.165, 1.54) is 5.56 Å². The maximum absolute atomic E-state index is 12.6. The van der Waals surface area contributed by atoms with Crippen LogP contribution in [0.1, 0.15) is 50.8 Å². The molecule has 2 aliphatic rings. The molecule has 0 saturated carbocycles. The first-order chi connectivity index (χ1) is 15.7. The molecule has 4 rings (SSSR count). The van der Waals surface area contributed by atoms with Crippen molar-refractivity contribution < 1.29 is 14.3 Å². The largest absolute Gasteiger partial charge is 0.444 e. The summed E-state index contributed by atoms with van der Waals surface area (Å²) >= 11 is 0. The van der Waals surface area contributed by atoms with Crippen LogP contribution >= 0.6 is 0 Å². The second-order valence-electron chi connectivity index (χ2n) is 9.96. The van der Waals surface area contributed by atoms with Crippen molar-refractivity contribution in [3.05, 3.63) is 47.8 Å². The van der Waals surface area contributed by atoms with Crippen molar-refractivity contribution in [2.24, 2.45) is 5.92 Å². The minimum absolute atomic E-state index is 0.0329. The highest BCUT2D eigenvalue weighted by Gasteiger charge is 2.34. The summed E-state index contributed by atoms with van der Waals surface area (Å²) in [5, 5.41) is 11.0. The van der Waals surface area contributed by atoms with Crippen molar-refractivity contribution in [2.45, 2.75) is 52.1 Å². The van der Waals surface area contributed by atoms with Gasteiger partial charge in [0.15, 0.2) is 0 Å². The molecule has 2 aromatic rings. The number of nitrogens with one attached hydrogen (secondary N) is 1. The number of piperidine rings is 1. The Balaban J connectivity index is 1.24. The summed E-state index contributed by atoms with van der Waals surface area (Å²) in [5.41, 5.74) is 3.50. The fraction of sp³-hybridized carbons (Fsp3) is 0.520. The van der Waals surface area contributed by atoms with Crippen LogP contribution in [0.25, 0.3) is 0 Å². The lowest BCUT2D eigenvalue weighted by molar-refractivity contribution is -0.120. The van der Waals surface area contributed by atoms with Gasteiger partial charge in [0.25, 0.3) is 0 Å². The lowest BCUT2D eigenvalue weighted by Gasteiger charge is -2.40. The normalized spacial score (nSPS) is 17.5. The van der Waals surface area contributed by atoms with E-state index in [0.717, 1.165) is 29.9 Å². The zero-order chi connectivity index (χ0) is 23.6. The van der Waals surface area contributed by atoms with Gasteiger partial charge in [0.05, 0.1) is 23.5 Å². The number of nitrogens with zero attached hydrogens (tertiary/aromatic N) is 4. The topological polar surface area (TPSA) is 87.7 Å². The molecule has 1 aromatic carbocycles. The molecule has 1 aromatic heterocycles. The molecule has 3 heterocycles. The van der Waals surface area contributed by atoms with Gasteiger partial charge in [-0.25, -0.2) is 4.79 Å². The molecule has 0 spiro atoms. The Hall–Kier alpha value is -3.16. The third kappa shape index (κ3) is 5.61. The first-order valence-electron chi connectivity index (χ1n) is 11.6. The predicted molar refractivity (Wildman–Crippen MR) is 127 cm³/mol. The molecule has 2 amide bonds. The van der Waals surface area contributed by atoms with Crippen molar-refractivity contribution in [1.29, 1.82) is 0 Å². The quantitative estimate of drug-likeness (QED) is 0.757.